The van der Waals surface area contributed by atoms with Gasteiger partial charge in [0.15, 0.2) is 12.0 Å². The Morgan fingerprint density at radius 3 is 3.07 bits per heavy atom. The van der Waals surface area contributed by atoms with E-state index in [-0.39, 0.29) is 0 Å². The number of hydrogen-bond donors (Lipinski definition) is 0. The monoisotopic (exact) mass is 208 g/mol. The lowest BCUT2D eigenvalue weighted by atomic mass is 10.0. The van der Waals surface area contributed by atoms with E-state index in [0.717, 1.165) is 31.6 Å². The molecule has 2 rings (SSSR count). The van der Waals surface area contributed by atoms with E-state index < -0.39 is 0 Å². The molecule has 2 heterocycles. The summed E-state index contributed by atoms with van der Waals surface area (Å²) in [6.45, 7) is 6.40. The van der Waals surface area contributed by atoms with E-state index >= 15 is 0 Å². The average molecular weight is 208 g/mol. The van der Waals surface area contributed by atoms with Gasteiger partial charge in [0.25, 0.3) is 0 Å². The molecule has 15 heavy (non-hydrogen) atoms. The molecule has 1 unspecified atom stereocenters. The van der Waals surface area contributed by atoms with Crippen molar-refractivity contribution in [2.45, 2.75) is 32.2 Å². The third-order valence-electron chi connectivity index (χ3n) is 3.08. The lowest BCUT2D eigenvalue weighted by molar-refractivity contribution is 0.112. The molecule has 1 aromatic heterocycles. The van der Waals surface area contributed by atoms with Gasteiger partial charge in [-0.25, -0.2) is 0 Å². The summed E-state index contributed by atoms with van der Waals surface area (Å²) in [6.07, 6.45) is 3.37. The van der Waals surface area contributed by atoms with Crippen molar-refractivity contribution in [3.8, 4) is 0 Å². The highest BCUT2D eigenvalue weighted by Gasteiger charge is 2.29. The molecule has 0 radical (unpaired) electrons. The Morgan fingerprint density at radius 2 is 2.47 bits per heavy atom. The predicted molar refractivity (Wildman–Crippen MR) is 56.0 cm³/mol. The molecule has 1 fully saturated rings. The van der Waals surface area contributed by atoms with Crippen LogP contribution in [-0.4, -0.2) is 35.5 Å². The Balaban J connectivity index is 2.10. The molecule has 0 bridgehead atoms. The smallest absolute Gasteiger partial charge is 0.155 e. The molecule has 0 aliphatic carbocycles. The van der Waals surface area contributed by atoms with Crippen LogP contribution < -0.4 is 0 Å². The van der Waals surface area contributed by atoms with Gasteiger partial charge in [0.2, 0.25) is 0 Å². The molecule has 0 aromatic carbocycles. The average Bonchev–Trinajstić information content (AvgIpc) is 2.85. The van der Waals surface area contributed by atoms with E-state index in [9.17, 15) is 4.79 Å². The summed E-state index contributed by atoms with van der Waals surface area (Å²) in [6, 6.07) is 0.553. The number of aldehydes is 1. The normalized spacial score (nSPS) is 22.5. The van der Waals surface area contributed by atoms with Crippen LogP contribution in [0.25, 0.3) is 0 Å². The fraction of sp³-hybridized carbons (Fsp3) is 0.636. The molecule has 82 valence electrons. The van der Waals surface area contributed by atoms with Crippen LogP contribution in [0.4, 0.5) is 0 Å². The van der Waals surface area contributed by atoms with Crippen molar-refractivity contribution in [1.82, 2.24) is 10.1 Å². The van der Waals surface area contributed by atoms with Crippen LogP contribution >= 0.6 is 0 Å². The van der Waals surface area contributed by atoms with Crippen LogP contribution in [0.5, 0.6) is 0 Å². The van der Waals surface area contributed by atoms with Crippen LogP contribution in [0.15, 0.2) is 10.7 Å². The molecular formula is C11H16N2O2. The van der Waals surface area contributed by atoms with Crippen molar-refractivity contribution in [1.29, 1.82) is 0 Å². The molecule has 1 aromatic rings. The van der Waals surface area contributed by atoms with Gasteiger partial charge in [0.1, 0.15) is 0 Å². The largest absolute Gasteiger partial charge is 0.360 e. The Labute approximate surface area is 89.2 Å². The van der Waals surface area contributed by atoms with Gasteiger partial charge in [-0.15, -0.1) is 0 Å². The summed E-state index contributed by atoms with van der Waals surface area (Å²) >= 11 is 0. The lowest BCUT2D eigenvalue weighted by Gasteiger charge is -2.19. The number of rotatable bonds is 3. The van der Waals surface area contributed by atoms with E-state index in [0.29, 0.717) is 17.5 Å². The zero-order valence-corrected chi connectivity index (χ0v) is 9.14. The maximum atomic E-state index is 10.7. The highest BCUT2D eigenvalue weighted by molar-refractivity contribution is 5.75. The Kier molecular flexibility index (Phi) is 2.86. The second kappa shape index (κ2) is 4.14. The number of likely N-dealkylation sites (tertiary alicyclic amines) is 1. The van der Waals surface area contributed by atoms with Crippen LogP contribution in [0.3, 0.4) is 0 Å². The van der Waals surface area contributed by atoms with Crippen LogP contribution in [0.2, 0.25) is 0 Å². The quantitative estimate of drug-likeness (QED) is 0.709. The molecule has 1 atom stereocenters. The molecule has 0 spiro atoms. The van der Waals surface area contributed by atoms with E-state index in [1.54, 1.807) is 0 Å². The van der Waals surface area contributed by atoms with Gasteiger partial charge in [-0.2, -0.15) is 0 Å². The van der Waals surface area contributed by atoms with E-state index in [4.69, 9.17) is 4.52 Å². The number of nitrogens with zero attached hydrogens (tertiary/aromatic N) is 2. The number of aromatic nitrogens is 1. The summed E-state index contributed by atoms with van der Waals surface area (Å²) in [5.41, 5.74) is 0.602. The molecule has 1 aliphatic heterocycles. The zero-order chi connectivity index (χ0) is 10.8. The fourth-order valence-corrected chi connectivity index (χ4v) is 2.13. The first-order valence-electron chi connectivity index (χ1n) is 5.36. The minimum absolute atomic E-state index is 0.329. The second-order valence-electron chi connectivity index (χ2n) is 4.34. The van der Waals surface area contributed by atoms with Gasteiger partial charge in [0.05, 0.1) is 11.8 Å². The highest BCUT2D eigenvalue weighted by Crippen LogP contribution is 2.29. The van der Waals surface area contributed by atoms with E-state index in [1.807, 2.05) is 0 Å². The lowest BCUT2D eigenvalue weighted by Crippen LogP contribution is -2.27. The van der Waals surface area contributed by atoms with E-state index in [2.05, 4.69) is 23.9 Å². The standard InChI is InChI=1S/C11H16N2O2/c1-8(2)13-4-3-9(6-13)11-10(7-14)5-12-15-11/h5,7-9H,3-4,6H2,1-2H3. The van der Waals surface area contributed by atoms with Gasteiger partial charge >= 0.3 is 0 Å². The van der Waals surface area contributed by atoms with Crippen molar-refractivity contribution in [2.75, 3.05) is 13.1 Å². The SMILES string of the molecule is CC(C)N1CCC(c2oncc2C=O)C1. The Hall–Kier alpha value is -1.16. The van der Waals surface area contributed by atoms with Crippen LogP contribution in [0, 0.1) is 0 Å². The van der Waals surface area contributed by atoms with Crippen LogP contribution in [-0.2, 0) is 0 Å². The fourth-order valence-electron chi connectivity index (χ4n) is 2.13. The van der Waals surface area contributed by atoms with Gasteiger partial charge in [-0.05, 0) is 26.8 Å². The van der Waals surface area contributed by atoms with Crippen molar-refractivity contribution in [2.24, 2.45) is 0 Å². The molecule has 4 nitrogen and oxygen atoms in total. The number of carbonyl (C=O) groups is 1. The number of hydrogen-bond acceptors (Lipinski definition) is 4. The third kappa shape index (κ3) is 1.95. The molecular weight excluding hydrogens is 192 g/mol. The van der Waals surface area contributed by atoms with Crippen molar-refractivity contribution < 1.29 is 9.32 Å². The molecule has 0 saturated carbocycles. The molecule has 1 aliphatic rings. The molecule has 0 N–H and O–H groups in total. The van der Waals surface area contributed by atoms with Gasteiger partial charge < -0.3 is 9.42 Å². The second-order valence-corrected chi connectivity index (χ2v) is 4.34. The highest BCUT2D eigenvalue weighted by atomic mass is 16.5. The summed E-state index contributed by atoms with van der Waals surface area (Å²) in [4.78, 5) is 13.1. The van der Waals surface area contributed by atoms with E-state index in [1.165, 1.54) is 6.20 Å². The zero-order valence-electron chi connectivity index (χ0n) is 9.14. The van der Waals surface area contributed by atoms with Crippen molar-refractivity contribution >= 4 is 6.29 Å². The first kappa shape index (κ1) is 10.4. The summed E-state index contributed by atoms with van der Waals surface area (Å²) < 4.78 is 5.16. The number of carbonyl (C=O) groups excluding carboxylic acids is 1. The Morgan fingerprint density at radius 1 is 1.67 bits per heavy atom. The minimum atomic E-state index is 0.329. The molecule has 4 heteroatoms. The summed E-state index contributed by atoms with van der Waals surface area (Å²) in [5.74, 6) is 1.09. The first-order chi connectivity index (χ1) is 7.22. The Bertz CT molecular complexity index is 346. The van der Waals surface area contributed by atoms with Crippen molar-refractivity contribution in [3.63, 3.8) is 0 Å². The first-order valence-corrected chi connectivity index (χ1v) is 5.36. The molecule has 1 saturated heterocycles. The minimum Gasteiger partial charge on any atom is -0.360 e. The maximum Gasteiger partial charge on any atom is 0.155 e. The molecule has 0 amide bonds. The predicted octanol–water partition coefficient (Wildman–Crippen LogP) is 1.68. The summed E-state index contributed by atoms with van der Waals surface area (Å²) in [7, 11) is 0. The topological polar surface area (TPSA) is 46.3 Å². The van der Waals surface area contributed by atoms with Gasteiger partial charge in [-0.3, -0.25) is 4.79 Å². The third-order valence-corrected chi connectivity index (χ3v) is 3.08. The van der Waals surface area contributed by atoms with Crippen molar-refractivity contribution in [3.05, 3.63) is 17.5 Å². The van der Waals surface area contributed by atoms with Gasteiger partial charge in [-0.1, -0.05) is 5.16 Å². The maximum absolute atomic E-state index is 10.7. The van der Waals surface area contributed by atoms with Crippen LogP contribution in [0.1, 0.15) is 42.3 Å². The van der Waals surface area contributed by atoms with Gasteiger partial charge in [0, 0.05) is 18.5 Å². The summed E-state index contributed by atoms with van der Waals surface area (Å²) in [5, 5.41) is 3.68.